The summed E-state index contributed by atoms with van der Waals surface area (Å²) in [6.45, 7) is 2.72. The lowest BCUT2D eigenvalue weighted by molar-refractivity contribution is 0.0925. The minimum Gasteiger partial charge on any atom is -0.494 e. The van der Waals surface area contributed by atoms with Crippen molar-refractivity contribution in [3.8, 4) is 5.75 Å². The van der Waals surface area contributed by atoms with Crippen LogP contribution in [0.4, 0.5) is 4.39 Å². The zero-order chi connectivity index (χ0) is 17.6. The summed E-state index contributed by atoms with van der Waals surface area (Å²) in [5, 5.41) is 0. The predicted molar refractivity (Wildman–Crippen MR) is 104 cm³/mol. The molecule has 1 aliphatic heterocycles. The van der Waals surface area contributed by atoms with Crippen molar-refractivity contribution in [3.05, 3.63) is 65.5 Å². The molecule has 3 nitrogen and oxygen atoms in total. The van der Waals surface area contributed by atoms with Gasteiger partial charge >= 0.3 is 0 Å². The Bertz CT molecular complexity index is 717. The minimum absolute atomic E-state index is 0. The molecule has 0 aliphatic carbocycles. The van der Waals surface area contributed by atoms with Crippen molar-refractivity contribution < 1.29 is 13.9 Å². The molecule has 0 aromatic heterocycles. The van der Waals surface area contributed by atoms with E-state index in [1.165, 1.54) is 38.5 Å². The van der Waals surface area contributed by atoms with E-state index in [4.69, 9.17) is 4.74 Å². The number of nitrogens with zero attached hydrogens (tertiary/aromatic N) is 1. The largest absolute Gasteiger partial charge is 0.494 e. The van der Waals surface area contributed by atoms with Crippen LogP contribution in [0.15, 0.2) is 48.5 Å². The van der Waals surface area contributed by atoms with Gasteiger partial charge in [0, 0.05) is 12.1 Å². The van der Waals surface area contributed by atoms with Crippen molar-refractivity contribution in [1.82, 2.24) is 4.90 Å². The molecule has 1 atom stereocenters. The third-order valence-electron chi connectivity index (χ3n) is 4.84. The van der Waals surface area contributed by atoms with Crippen LogP contribution in [0, 0.1) is 5.82 Å². The highest BCUT2D eigenvalue weighted by atomic mass is 35.5. The third-order valence-corrected chi connectivity index (χ3v) is 4.84. The third kappa shape index (κ3) is 4.83. The average Bonchev–Trinajstić information content (AvgIpc) is 2.67. The van der Waals surface area contributed by atoms with E-state index in [0.717, 1.165) is 18.7 Å². The van der Waals surface area contributed by atoms with Gasteiger partial charge in [0.2, 0.25) is 0 Å². The van der Waals surface area contributed by atoms with Crippen molar-refractivity contribution in [2.24, 2.45) is 0 Å². The van der Waals surface area contributed by atoms with Crippen LogP contribution in [0.5, 0.6) is 5.75 Å². The highest BCUT2D eigenvalue weighted by Crippen LogP contribution is 2.26. The molecule has 1 unspecified atom stereocenters. The molecule has 3 rings (SSSR count). The quantitative estimate of drug-likeness (QED) is 0.683. The maximum atomic E-state index is 14.0. The SMILES string of the molecule is COc1ccc(C(=O)C(CN2CCCCC2)c2ccccc2)cc1F.Cl. The van der Waals surface area contributed by atoms with Crippen LogP contribution in [0.2, 0.25) is 0 Å². The first-order chi connectivity index (χ1) is 12.2. The van der Waals surface area contributed by atoms with Crippen LogP contribution < -0.4 is 4.74 Å². The van der Waals surface area contributed by atoms with Crippen molar-refractivity contribution in [1.29, 1.82) is 0 Å². The van der Waals surface area contributed by atoms with Crippen LogP contribution in [0.3, 0.4) is 0 Å². The van der Waals surface area contributed by atoms with E-state index < -0.39 is 5.82 Å². The van der Waals surface area contributed by atoms with Gasteiger partial charge in [-0.25, -0.2) is 4.39 Å². The first-order valence-electron chi connectivity index (χ1n) is 8.84. The molecule has 0 saturated carbocycles. The molecule has 1 fully saturated rings. The number of carbonyl (C=O) groups is 1. The molecule has 0 N–H and O–H groups in total. The summed E-state index contributed by atoms with van der Waals surface area (Å²) in [6, 6.07) is 14.2. The minimum atomic E-state index is -0.502. The Hall–Kier alpha value is -1.91. The normalized spacial score (nSPS) is 15.8. The Kier molecular flexibility index (Phi) is 7.61. The highest BCUT2D eigenvalue weighted by molar-refractivity contribution is 6.01. The number of ether oxygens (including phenoxy) is 1. The van der Waals surface area contributed by atoms with Gasteiger partial charge in [-0.05, 0) is 49.7 Å². The molecule has 0 spiro atoms. The second-order valence-corrected chi connectivity index (χ2v) is 6.54. The maximum Gasteiger partial charge on any atom is 0.171 e. The first kappa shape index (κ1) is 20.4. The van der Waals surface area contributed by atoms with Crippen molar-refractivity contribution in [2.75, 3.05) is 26.7 Å². The van der Waals surface area contributed by atoms with Crippen LogP contribution >= 0.6 is 12.4 Å². The average molecular weight is 378 g/mol. The van der Waals surface area contributed by atoms with E-state index in [9.17, 15) is 9.18 Å². The zero-order valence-corrected chi connectivity index (χ0v) is 15.8. The molecule has 140 valence electrons. The van der Waals surface area contributed by atoms with Crippen molar-refractivity contribution >= 4 is 18.2 Å². The van der Waals surface area contributed by atoms with Gasteiger partial charge < -0.3 is 9.64 Å². The summed E-state index contributed by atoms with van der Waals surface area (Å²) in [6.07, 6.45) is 3.60. The van der Waals surface area contributed by atoms with E-state index in [1.807, 2.05) is 30.3 Å². The lowest BCUT2D eigenvalue weighted by Crippen LogP contribution is -2.36. The van der Waals surface area contributed by atoms with E-state index in [1.54, 1.807) is 6.07 Å². The van der Waals surface area contributed by atoms with Crippen LogP contribution in [0.25, 0.3) is 0 Å². The van der Waals surface area contributed by atoms with Gasteiger partial charge in [0.25, 0.3) is 0 Å². The number of halogens is 2. The summed E-state index contributed by atoms with van der Waals surface area (Å²) in [7, 11) is 1.42. The number of methoxy groups -OCH3 is 1. The number of benzene rings is 2. The van der Waals surface area contributed by atoms with E-state index >= 15 is 0 Å². The number of rotatable bonds is 6. The second-order valence-electron chi connectivity index (χ2n) is 6.54. The first-order valence-corrected chi connectivity index (χ1v) is 8.84. The standard InChI is InChI=1S/C21H24FNO2.ClH/c1-25-20-11-10-17(14-19(20)22)21(24)18(16-8-4-2-5-9-16)15-23-12-6-3-7-13-23;/h2,4-5,8-11,14,18H,3,6-7,12-13,15H2,1H3;1H. The lowest BCUT2D eigenvalue weighted by Gasteiger charge is -2.30. The Labute approximate surface area is 160 Å². The van der Waals surface area contributed by atoms with Crippen molar-refractivity contribution in [2.45, 2.75) is 25.2 Å². The molecule has 2 aromatic carbocycles. The van der Waals surface area contributed by atoms with Gasteiger partial charge in [-0.15, -0.1) is 12.4 Å². The van der Waals surface area contributed by atoms with E-state index in [0.29, 0.717) is 12.1 Å². The monoisotopic (exact) mass is 377 g/mol. The van der Waals surface area contributed by atoms with E-state index in [-0.39, 0.29) is 29.9 Å². The molecule has 1 heterocycles. The molecular weight excluding hydrogens is 353 g/mol. The van der Waals surface area contributed by atoms with Crippen LogP contribution in [-0.2, 0) is 0 Å². The fraction of sp³-hybridized carbons (Fsp3) is 0.381. The summed E-state index contributed by atoms with van der Waals surface area (Å²) in [5.41, 5.74) is 1.37. The number of hydrogen-bond donors (Lipinski definition) is 0. The molecule has 0 bridgehead atoms. The van der Waals surface area contributed by atoms with Gasteiger partial charge in [0.15, 0.2) is 17.3 Å². The Morgan fingerprint density at radius 3 is 2.42 bits per heavy atom. The molecule has 5 heteroatoms. The van der Waals surface area contributed by atoms with Gasteiger partial charge in [-0.2, -0.15) is 0 Å². The smallest absolute Gasteiger partial charge is 0.171 e. The van der Waals surface area contributed by atoms with Gasteiger partial charge in [0.1, 0.15) is 0 Å². The zero-order valence-electron chi connectivity index (χ0n) is 15.0. The Morgan fingerprint density at radius 1 is 1.12 bits per heavy atom. The van der Waals surface area contributed by atoms with Crippen LogP contribution in [-0.4, -0.2) is 37.4 Å². The number of hydrogen-bond acceptors (Lipinski definition) is 3. The molecular formula is C21H25ClFNO2. The summed E-state index contributed by atoms with van der Waals surface area (Å²) < 4.78 is 19.0. The lowest BCUT2D eigenvalue weighted by atomic mass is 9.89. The second kappa shape index (κ2) is 9.70. The molecule has 26 heavy (non-hydrogen) atoms. The Balaban J connectivity index is 0.00000243. The number of piperidine rings is 1. The number of Topliss-reactive ketones (excluding diaryl/α,β-unsaturated/α-hetero) is 1. The fourth-order valence-corrected chi connectivity index (χ4v) is 3.45. The molecule has 1 aliphatic rings. The molecule has 0 amide bonds. The molecule has 0 radical (unpaired) electrons. The van der Waals surface area contributed by atoms with Crippen molar-refractivity contribution in [3.63, 3.8) is 0 Å². The van der Waals surface area contributed by atoms with E-state index in [2.05, 4.69) is 4.90 Å². The number of carbonyl (C=O) groups excluding carboxylic acids is 1. The van der Waals surface area contributed by atoms with Gasteiger partial charge in [-0.3, -0.25) is 4.79 Å². The van der Waals surface area contributed by atoms with Gasteiger partial charge in [-0.1, -0.05) is 36.8 Å². The maximum absolute atomic E-state index is 14.0. The predicted octanol–water partition coefficient (Wildman–Crippen LogP) is 4.71. The fourth-order valence-electron chi connectivity index (χ4n) is 3.45. The molecule has 1 saturated heterocycles. The topological polar surface area (TPSA) is 29.5 Å². The Morgan fingerprint density at radius 2 is 1.81 bits per heavy atom. The highest BCUT2D eigenvalue weighted by Gasteiger charge is 2.26. The molecule has 2 aromatic rings. The number of ketones is 1. The summed E-state index contributed by atoms with van der Waals surface area (Å²) in [4.78, 5) is 15.5. The number of likely N-dealkylation sites (tertiary alicyclic amines) is 1. The summed E-state index contributed by atoms with van der Waals surface area (Å²) in [5.74, 6) is -0.674. The summed E-state index contributed by atoms with van der Waals surface area (Å²) >= 11 is 0. The van der Waals surface area contributed by atoms with Gasteiger partial charge in [0.05, 0.1) is 13.0 Å². The van der Waals surface area contributed by atoms with Crippen LogP contribution in [0.1, 0.15) is 41.1 Å².